The molecule has 0 spiro atoms. The van der Waals surface area contributed by atoms with Gasteiger partial charge in [0.1, 0.15) is 5.82 Å². The molecule has 0 aromatic carbocycles. The Morgan fingerprint density at radius 1 is 1.47 bits per heavy atom. The van der Waals surface area contributed by atoms with E-state index in [1.165, 1.54) is 6.20 Å². The number of carbonyl (C=O) groups excluding carboxylic acids is 1. The highest BCUT2D eigenvalue weighted by molar-refractivity contribution is 6.03. The molecule has 0 bridgehead atoms. The van der Waals surface area contributed by atoms with E-state index in [1.807, 2.05) is 6.92 Å². The lowest BCUT2D eigenvalue weighted by Crippen LogP contribution is -2.12. The molecule has 0 saturated carbocycles. The fraction of sp³-hybridized carbons (Fsp3) is 0.100. The van der Waals surface area contributed by atoms with Crippen molar-refractivity contribution in [2.75, 3.05) is 5.32 Å². The maximum absolute atomic E-state index is 11.7. The number of hydrogen-bond acceptors (Lipinski definition) is 3. The quantitative estimate of drug-likeness (QED) is 0.772. The molecule has 2 N–H and O–H groups in total. The van der Waals surface area contributed by atoms with Gasteiger partial charge in [0.15, 0.2) is 0 Å². The van der Waals surface area contributed by atoms with Crippen LogP contribution in [-0.2, 0) is 0 Å². The zero-order valence-corrected chi connectivity index (χ0v) is 8.19. The summed E-state index contributed by atoms with van der Waals surface area (Å²) in [5, 5.41) is 9.05. The summed E-state index contributed by atoms with van der Waals surface area (Å²) in [4.78, 5) is 15.6. The van der Waals surface area contributed by atoms with E-state index in [9.17, 15) is 4.79 Å². The number of aromatic nitrogens is 3. The monoisotopic (exact) mass is 202 g/mol. The second kappa shape index (κ2) is 3.91. The Kier molecular flexibility index (Phi) is 2.45. The molecule has 0 saturated heterocycles. The lowest BCUT2D eigenvalue weighted by molar-refractivity contribution is 0.102. The summed E-state index contributed by atoms with van der Waals surface area (Å²) in [6.45, 7) is 1.89. The Bertz CT molecular complexity index is 464. The van der Waals surface area contributed by atoms with Crippen molar-refractivity contribution < 1.29 is 4.79 Å². The van der Waals surface area contributed by atoms with E-state index < -0.39 is 0 Å². The summed E-state index contributed by atoms with van der Waals surface area (Å²) in [5.74, 6) is 0.372. The van der Waals surface area contributed by atoms with E-state index in [0.29, 0.717) is 11.4 Å². The molecule has 0 atom stereocenters. The van der Waals surface area contributed by atoms with Crippen LogP contribution in [0.5, 0.6) is 0 Å². The molecule has 2 aromatic rings. The summed E-state index contributed by atoms with van der Waals surface area (Å²) in [7, 11) is 0. The van der Waals surface area contributed by atoms with Crippen molar-refractivity contribution in [3.05, 3.63) is 41.9 Å². The number of nitrogens with one attached hydrogen (secondary N) is 2. The van der Waals surface area contributed by atoms with E-state index in [0.717, 1.165) is 5.56 Å². The van der Waals surface area contributed by atoms with Crippen LogP contribution in [0.1, 0.15) is 15.9 Å². The minimum atomic E-state index is -0.199. The van der Waals surface area contributed by atoms with Crippen molar-refractivity contribution in [2.24, 2.45) is 0 Å². The normalized spacial score (nSPS) is 9.93. The second-order valence-corrected chi connectivity index (χ2v) is 3.18. The summed E-state index contributed by atoms with van der Waals surface area (Å²) < 4.78 is 0. The van der Waals surface area contributed by atoms with Crippen LogP contribution in [0.15, 0.2) is 30.7 Å². The number of aromatic amines is 1. The highest BCUT2D eigenvalue weighted by Crippen LogP contribution is 2.05. The zero-order valence-electron chi connectivity index (χ0n) is 8.19. The van der Waals surface area contributed by atoms with Gasteiger partial charge in [-0.15, -0.1) is 0 Å². The van der Waals surface area contributed by atoms with Crippen molar-refractivity contribution >= 4 is 11.7 Å². The highest BCUT2D eigenvalue weighted by atomic mass is 16.1. The lowest BCUT2D eigenvalue weighted by atomic mass is 10.2. The average molecular weight is 202 g/mol. The molecule has 2 aromatic heterocycles. The molecule has 0 unspecified atom stereocenters. The molecule has 0 fully saturated rings. The predicted molar refractivity (Wildman–Crippen MR) is 55.5 cm³/mol. The number of rotatable bonds is 2. The Morgan fingerprint density at radius 2 is 2.33 bits per heavy atom. The molecular weight excluding hydrogens is 192 g/mol. The van der Waals surface area contributed by atoms with Crippen molar-refractivity contribution in [1.82, 2.24) is 15.2 Å². The van der Waals surface area contributed by atoms with Gasteiger partial charge in [-0.05, 0) is 18.6 Å². The predicted octanol–water partition coefficient (Wildman–Crippen LogP) is 1.37. The molecule has 2 rings (SSSR count). The Hall–Kier alpha value is -2.17. The molecule has 5 nitrogen and oxygen atoms in total. The van der Waals surface area contributed by atoms with Gasteiger partial charge < -0.3 is 5.32 Å². The van der Waals surface area contributed by atoms with Gasteiger partial charge in [0.2, 0.25) is 0 Å². The molecule has 5 heteroatoms. The Labute approximate surface area is 86.5 Å². The summed E-state index contributed by atoms with van der Waals surface area (Å²) in [5.41, 5.74) is 1.48. The number of nitrogens with zero attached hydrogens (tertiary/aromatic N) is 2. The van der Waals surface area contributed by atoms with Crippen molar-refractivity contribution in [2.45, 2.75) is 6.92 Å². The molecule has 0 aliphatic carbocycles. The van der Waals surface area contributed by atoms with Crippen LogP contribution < -0.4 is 5.32 Å². The topological polar surface area (TPSA) is 70.7 Å². The van der Waals surface area contributed by atoms with Gasteiger partial charge in [0.25, 0.3) is 5.91 Å². The molecule has 76 valence electrons. The first kappa shape index (κ1) is 9.39. The van der Waals surface area contributed by atoms with Crippen LogP contribution in [0, 0.1) is 6.92 Å². The largest absolute Gasteiger partial charge is 0.307 e. The van der Waals surface area contributed by atoms with Crippen molar-refractivity contribution in [1.29, 1.82) is 0 Å². The van der Waals surface area contributed by atoms with Crippen LogP contribution in [0.25, 0.3) is 0 Å². The number of anilines is 1. The van der Waals surface area contributed by atoms with Crippen LogP contribution in [-0.4, -0.2) is 21.1 Å². The summed E-state index contributed by atoms with van der Waals surface area (Å²) >= 11 is 0. The van der Waals surface area contributed by atoms with Gasteiger partial charge in [0.05, 0.1) is 11.8 Å². The molecule has 15 heavy (non-hydrogen) atoms. The van der Waals surface area contributed by atoms with E-state index >= 15 is 0 Å². The minimum Gasteiger partial charge on any atom is -0.307 e. The van der Waals surface area contributed by atoms with E-state index in [1.54, 1.807) is 24.5 Å². The van der Waals surface area contributed by atoms with E-state index in [4.69, 9.17) is 0 Å². The summed E-state index contributed by atoms with van der Waals surface area (Å²) in [6, 6.07) is 3.46. The van der Waals surface area contributed by atoms with Crippen molar-refractivity contribution in [3.63, 3.8) is 0 Å². The highest BCUT2D eigenvalue weighted by Gasteiger charge is 2.06. The number of pyridine rings is 1. The van der Waals surface area contributed by atoms with Gasteiger partial charge in [-0.2, -0.15) is 5.10 Å². The first-order chi connectivity index (χ1) is 7.25. The molecule has 0 aliphatic rings. The number of aryl methyl sites for hydroxylation is 1. The average Bonchev–Trinajstić information content (AvgIpc) is 2.70. The Balaban J connectivity index is 2.15. The maximum Gasteiger partial charge on any atom is 0.258 e. The van der Waals surface area contributed by atoms with E-state index in [2.05, 4.69) is 20.5 Å². The minimum absolute atomic E-state index is 0.199. The lowest BCUT2D eigenvalue weighted by Gasteiger charge is -2.02. The standard InChI is InChI=1S/C10H10N4O/c1-7-4-8(6-11-5-7)10(15)13-9-2-3-12-14-9/h2-6H,1H3,(H2,12,13,14,15). The van der Waals surface area contributed by atoms with Crippen LogP contribution in [0.4, 0.5) is 5.82 Å². The fourth-order valence-corrected chi connectivity index (χ4v) is 1.20. The third-order valence-corrected chi connectivity index (χ3v) is 1.89. The Morgan fingerprint density at radius 3 is 3.00 bits per heavy atom. The third kappa shape index (κ3) is 2.19. The molecule has 1 amide bonds. The van der Waals surface area contributed by atoms with Crippen molar-refractivity contribution in [3.8, 4) is 0 Å². The maximum atomic E-state index is 11.7. The molecule has 0 aliphatic heterocycles. The van der Waals surface area contributed by atoms with Crippen LogP contribution >= 0.6 is 0 Å². The number of amides is 1. The first-order valence-electron chi connectivity index (χ1n) is 4.48. The van der Waals surface area contributed by atoms with Gasteiger partial charge >= 0.3 is 0 Å². The SMILES string of the molecule is Cc1cncc(C(=O)Nc2ccn[nH]2)c1. The van der Waals surface area contributed by atoms with Gasteiger partial charge in [-0.1, -0.05) is 0 Å². The van der Waals surface area contributed by atoms with Crippen LogP contribution in [0.3, 0.4) is 0 Å². The number of H-pyrrole nitrogens is 1. The summed E-state index contributed by atoms with van der Waals surface area (Å²) in [6.07, 6.45) is 4.80. The smallest absolute Gasteiger partial charge is 0.258 e. The van der Waals surface area contributed by atoms with Crippen LogP contribution in [0.2, 0.25) is 0 Å². The van der Waals surface area contributed by atoms with E-state index in [-0.39, 0.29) is 5.91 Å². The van der Waals surface area contributed by atoms with Gasteiger partial charge in [-0.25, -0.2) is 0 Å². The number of hydrogen-bond donors (Lipinski definition) is 2. The van der Waals surface area contributed by atoms with Gasteiger partial charge in [0, 0.05) is 18.5 Å². The number of carbonyl (C=O) groups is 1. The third-order valence-electron chi connectivity index (χ3n) is 1.89. The first-order valence-corrected chi connectivity index (χ1v) is 4.48. The molecular formula is C10H10N4O. The fourth-order valence-electron chi connectivity index (χ4n) is 1.20. The zero-order chi connectivity index (χ0) is 10.7. The van der Waals surface area contributed by atoms with Gasteiger partial charge in [-0.3, -0.25) is 14.9 Å². The molecule has 0 radical (unpaired) electrons. The second-order valence-electron chi connectivity index (χ2n) is 3.18. The molecule has 2 heterocycles.